The second-order valence-corrected chi connectivity index (χ2v) is 5.81. The van der Waals surface area contributed by atoms with Crippen LogP contribution in [0.1, 0.15) is 19.8 Å². The number of hydrogen-bond donors (Lipinski definition) is 2. The summed E-state index contributed by atoms with van der Waals surface area (Å²) in [6, 6.07) is 1.72. The van der Waals surface area contributed by atoms with E-state index in [0.717, 1.165) is 38.1 Å². The van der Waals surface area contributed by atoms with E-state index in [0.29, 0.717) is 12.6 Å². The van der Waals surface area contributed by atoms with Gasteiger partial charge in [0.15, 0.2) is 23.4 Å². The zero-order valence-electron chi connectivity index (χ0n) is 14.8. The van der Waals surface area contributed by atoms with Gasteiger partial charge >= 0.3 is 0 Å². The minimum atomic E-state index is -1.62. The van der Waals surface area contributed by atoms with Gasteiger partial charge in [-0.25, -0.2) is 13.2 Å². The summed E-state index contributed by atoms with van der Waals surface area (Å²) in [6.07, 6.45) is 1.95. The number of nitrogens with zero attached hydrogens (tertiary/aromatic N) is 2. The van der Waals surface area contributed by atoms with Crippen molar-refractivity contribution in [1.29, 1.82) is 0 Å². The first kappa shape index (κ1) is 20.0. The van der Waals surface area contributed by atoms with E-state index >= 15 is 0 Å². The average molecular weight is 372 g/mol. The Hall–Kier alpha value is -2.29. The fourth-order valence-electron chi connectivity index (χ4n) is 2.78. The summed E-state index contributed by atoms with van der Waals surface area (Å²) in [4.78, 5) is 18.1. The molecule has 1 aromatic rings. The molecule has 1 aromatic carbocycles. The van der Waals surface area contributed by atoms with Crippen LogP contribution in [0.5, 0.6) is 0 Å². The number of hydrogen-bond acceptors (Lipinski definition) is 3. The van der Waals surface area contributed by atoms with Gasteiger partial charge in [0.05, 0.1) is 18.3 Å². The molecule has 9 heteroatoms. The SMILES string of the molecule is CCOC1CCN(C(=NC)NCC(=O)Nc2ccc(F)c(F)c2F)CC1. The van der Waals surface area contributed by atoms with Crippen LogP contribution in [-0.2, 0) is 9.53 Å². The zero-order chi connectivity index (χ0) is 19.1. The van der Waals surface area contributed by atoms with Crippen molar-refractivity contribution >= 4 is 17.6 Å². The molecule has 26 heavy (non-hydrogen) atoms. The predicted octanol–water partition coefficient (Wildman–Crippen LogP) is 2.12. The van der Waals surface area contributed by atoms with Crippen LogP contribution in [0.2, 0.25) is 0 Å². The highest BCUT2D eigenvalue weighted by Crippen LogP contribution is 2.19. The van der Waals surface area contributed by atoms with Crippen LogP contribution in [0.4, 0.5) is 18.9 Å². The van der Waals surface area contributed by atoms with E-state index in [-0.39, 0.29) is 12.6 Å². The van der Waals surface area contributed by atoms with Crippen LogP contribution in [-0.4, -0.2) is 56.2 Å². The highest BCUT2D eigenvalue weighted by Gasteiger charge is 2.22. The van der Waals surface area contributed by atoms with Crippen molar-refractivity contribution in [3.8, 4) is 0 Å². The third-order valence-corrected chi connectivity index (χ3v) is 4.07. The van der Waals surface area contributed by atoms with Gasteiger partial charge in [0, 0.05) is 26.7 Å². The number of guanidine groups is 1. The van der Waals surface area contributed by atoms with E-state index in [1.165, 1.54) is 0 Å². The number of carbonyl (C=O) groups is 1. The second-order valence-electron chi connectivity index (χ2n) is 5.81. The second kappa shape index (κ2) is 9.42. The van der Waals surface area contributed by atoms with Crippen molar-refractivity contribution in [2.75, 3.05) is 38.6 Å². The number of anilines is 1. The maximum atomic E-state index is 13.6. The Morgan fingerprint density at radius 2 is 1.96 bits per heavy atom. The van der Waals surface area contributed by atoms with Crippen LogP contribution in [0, 0.1) is 17.5 Å². The van der Waals surface area contributed by atoms with Crippen LogP contribution in [0.25, 0.3) is 0 Å². The molecule has 1 fully saturated rings. The minimum Gasteiger partial charge on any atom is -0.378 e. The summed E-state index contributed by atoms with van der Waals surface area (Å²) in [5.74, 6) is -4.42. The normalized spacial score (nSPS) is 15.9. The maximum Gasteiger partial charge on any atom is 0.243 e. The molecule has 1 heterocycles. The van der Waals surface area contributed by atoms with Gasteiger partial charge < -0.3 is 20.3 Å². The first-order valence-electron chi connectivity index (χ1n) is 8.46. The highest BCUT2D eigenvalue weighted by molar-refractivity contribution is 5.95. The largest absolute Gasteiger partial charge is 0.378 e. The van der Waals surface area contributed by atoms with E-state index in [1.54, 1.807) is 7.05 Å². The van der Waals surface area contributed by atoms with Gasteiger partial charge in [0.25, 0.3) is 0 Å². The van der Waals surface area contributed by atoms with Gasteiger partial charge in [0.1, 0.15) is 0 Å². The molecule has 0 radical (unpaired) electrons. The number of likely N-dealkylation sites (tertiary alicyclic amines) is 1. The van der Waals surface area contributed by atoms with Crippen molar-refractivity contribution in [3.63, 3.8) is 0 Å². The molecule has 144 valence electrons. The summed E-state index contributed by atoms with van der Waals surface area (Å²) in [5.41, 5.74) is -0.414. The molecule has 0 aromatic heterocycles. The van der Waals surface area contributed by atoms with E-state index in [4.69, 9.17) is 4.74 Å². The Morgan fingerprint density at radius 3 is 2.58 bits per heavy atom. The van der Waals surface area contributed by atoms with Crippen LogP contribution in [0.15, 0.2) is 17.1 Å². The number of aliphatic imine (C=N–C) groups is 1. The molecular formula is C17H23F3N4O2. The van der Waals surface area contributed by atoms with E-state index in [2.05, 4.69) is 15.6 Å². The molecule has 1 aliphatic rings. The first-order valence-corrected chi connectivity index (χ1v) is 8.46. The van der Waals surface area contributed by atoms with Gasteiger partial charge in [-0.05, 0) is 31.9 Å². The van der Waals surface area contributed by atoms with Gasteiger partial charge in [-0.3, -0.25) is 9.79 Å². The molecule has 1 amide bonds. The lowest BCUT2D eigenvalue weighted by molar-refractivity contribution is -0.115. The number of nitrogens with one attached hydrogen (secondary N) is 2. The van der Waals surface area contributed by atoms with Crippen molar-refractivity contribution in [2.24, 2.45) is 4.99 Å². The Bertz CT molecular complexity index is 662. The molecule has 2 rings (SSSR count). The van der Waals surface area contributed by atoms with Crippen molar-refractivity contribution in [3.05, 3.63) is 29.6 Å². The Labute approximate surface area is 150 Å². The molecule has 0 atom stereocenters. The highest BCUT2D eigenvalue weighted by atomic mass is 19.2. The molecule has 6 nitrogen and oxygen atoms in total. The smallest absolute Gasteiger partial charge is 0.243 e. The maximum absolute atomic E-state index is 13.6. The van der Waals surface area contributed by atoms with Gasteiger partial charge in [-0.1, -0.05) is 0 Å². The van der Waals surface area contributed by atoms with Gasteiger partial charge in [-0.15, -0.1) is 0 Å². The van der Waals surface area contributed by atoms with Crippen LogP contribution < -0.4 is 10.6 Å². The lowest BCUT2D eigenvalue weighted by Gasteiger charge is -2.33. The molecular weight excluding hydrogens is 349 g/mol. The number of benzene rings is 1. The monoisotopic (exact) mass is 372 g/mol. The summed E-state index contributed by atoms with van der Waals surface area (Å²) < 4.78 is 45.3. The molecule has 1 aliphatic heterocycles. The lowest BCUT2D eigenvalue weighted by Crippen LogP contribution is -2.48. The summed E-state index contributed by atoms with van der Waals surface area (Å²) in [5, 5.41) is 5.09. The van der Waals surface area contributed by atoms with Crippen molar-refractivity contribution in [2.45, 2.75) is 25.9 Å². The van der Waals surface area contributed by atoms with Crippen LogP contribution >= 0.6 is 0 Å². The number of piperidine rings is 1. The Kier molecular flexibility index (Phi) is 7.26. The van der Waals surface area contributed by atoms with E-state index in [9.17, 15) is 18.0 Å². The third kappa shape index (κ3) is 5.10. The van der Waals surface area contributed by atoms with E-state index < -0.39 is 29.0 Å². The minimum absolute atomic E-state index is 0.184. The molecule has 0 unspecified atom stereocenters. The number of halogens is 3. The molecule has 0 spiro atoms. The van der Waals surface area contributed by atoms with Crippen molar-refractivity contribution in [1.82, 2.24) is 10.2 Å². The first-order chi connectivity index (χ1) is 12.5. The van der Waals surface area contributed by atoms with E-state index in [1.807, 2.05) is 11.8 Å². The Morgan fingerprint density at radius 1 is 1.27 bits per heavy atom. The van der Waals surface area contributed by atoms with Crippen molar-refractivity contribution < 1.29 is 22.7 Å². The fourth-order valence-corrected chi connectivity index (χ4v) is 2.78. The molecule has 0 bridgehead atoms. The molecule has 0 aliphatic carbocycles. The molecule has 0 saturated carbocycles. The number of carbonyl (C=O) groups excluding carboxylic acids is 1. The number of amides is 1. The van der Waals surface area contributed by atoms with Gasteiger partial charge in [-0.2, -0.15) is 0 Å². The topological polar surface area (TPSA) is 66.0 Å². The standard InChI is InChI=1S/C17H23F3N4O2/c1-3-26-11-6-8-24(9-7-11)17(21-2)22-10-14(25)23-13-5-4-12(18)15(19)16(13)20/h4-5,11H,3,6-10H2,1-2H3,(H,21,22)(H,23,25). The summed E-state index contributed by atoms with van der Waals surface area (Å²) in [7, 11) is 1.60. The third-order valence-electron chi connectivity index (χ3n) is 4.07. The molecule has 2 N–H and O–H groups in total. The average Bonchev–Trinajstić information content (AvgIpc) is 2.64. The fraction of sp³-hybridized carbons (Fsp3) is 0.529. The predicted molar refractivity (Wildman–Crippen MR) is 92.5 cm³/mol. The lowest BCUT2D eigenvalue weighted by atomic mass is 10.1. The van der Waals surface area contributed by atoms with Crippen LogP contribution in [0.3, 0.4) is 0 Å². The quantitative estimate of drug-likeness (QED) is 0.472. The summed E-state index contributed by atoms with van der Waals surface area (Å²) >= 11 is 0. The number of ether oxygens (including phenoxy) is 1. The summed E-state index contributed by atoms with van der Waals surface area (Å²) in [6.45, 7) is 3.93. The Balaban J connectivity index is 1.85. The zero-order valence-corrected chi connectivity index (χ0v) is 14.8. The number of rotatable bonds is 5. The van der Waals surface area contributed by atoms with Gasteiger partial charge in [0.2, 0.25) is 5.91 Å². The molecule has 1 saturated heterocycles.